The molecule has 0 spiro atoms. The minimum Gasteiger partial charge on any atom is -0.371 e. The SMILES string of the molecule is CC(N)c1ccc(N2CC(C)C(C)C2)cc1. The van der Waals surface area contributed by atoms with Crippen molar-refractivity contribution < 1.29 is 0 Å². The first-order valence-electron chi connectivity index (χ1n) is 6.18. The van der Waals surface area contributed by atoms with Crippen LogP contribution >= 0.6 is 0 Å². The summed E-state index contributed by atoms with van der Waals surface area (Å²) < 4.78 is 0. The molecular weight excluding hydrogens is 196 g/mol. The highest BCUT2D eigenvalue weighted by molar-refractivity contribution is 5.49. The Kier molecular flexibility index (Phi) is 3.20. The van der Waals surface area contributed by atoms with E-state index in [1.165, 1.54) is 24.3 Å². The molecule has 0 radical (unpaired) electrons. The second kappa shape index (κ2) is 4.46. The van der Waals surface area contributed by atoms with E-state index in [9.17, 15) is 0 Å². The Morgan fingerprint density at radius 3 is 2.06 bits per heavy atom. The van der Waals surface area contributed by atoms with Crippen molar-refractivity contribution in [2.24, 2.45) is 17.6 Å². The van der Waals surface area contributed by atoms with Gasteiger partial charge in [-0.15, -0.1) is 0 Å². The molecule has 0 saturated carbocycles. The molecule has 1 fully saturated rings. The molecule has 1 aromatic carbocycles. The van der Waals surface area contributed by atoms with Crippen LogP contribution in [0.3, 0.4) is 0 Å². The van der Waals surface area contributed by atoms with Gasteiger partial charge in [-0.05, 0) is 36.5 Å². The van der Waals surface area contributed by atoms with Crippen LogP contribution in [-0.4, -0.2) is 13.1 Å². The van der Waals surface area contributed by atoms with E-state index in [4.69, 9.17) is 5.73 Å². The van der Waals surface area contributed by atoms with Gasteiger partial charge in [0.2, 0.25) is 0 Å². The molecule has 2 nitrogen and oxygen atoms in total. The first-order valence-corrected chi connectivity index (χ1v) is 6.18. The summed E-state index contributed by atoms with van der Waals surface area (Å²) in [6.07, 6.45) is 0. The summed E-state index contributed by atoms with van der Waals surface area (Å²) in [4.78, 5) is 2.47. The number of anilines is 1. The van der Waals surface area contributed by atoms with Gasteiger partial charge >= 0.3 is 0 Å². The fourth-order valence-electron chi connectivity index (χ4n) is 2.33. The van der Waals surface area contributed by atoms with Crippen LogP contribution in [0.5, 0.6) is 0 Å². The first-order chi connectivity index (χ1) is 7.58. The molecule has 0 aromatic heterocycles. The number of nitrogens with two attached hydrogens (primary N) is 1. The molecule has 3 atom stereocenters. The third-order valence-corrected chi connectivity index (χ3v) is 3.77. The first kappa shape index (κ1) is 11.5. The lowest BCUT2D eigenvalue weighted by Crippen LogP contribution is -2.19. The molecule has 2 heteroatoms. The van der Waals surface area contributed by atoms with Crippen LogP contribution < -0.4 is 10.6 Å². The predicted molar refractivity (Wildman–Crippen MR) is 69.6 cm³/mol. The summed E-state index contributed by atoms with van der Waals surface area (Å²) in [7, 11) is 0. The molecule has 16 heavy (non-hydrogen) atoms. The molecule has 2 N–H and O–H groups in total. The van der Waals surface area contributed by atoms with Gasteiger partial charge in [0.25, 0.3) is 0 Å². The Balaban J connectivity index is 2.11. The number of hydrogen-bond donors (Lipinski definition) is 1. The largest absolute Gasteiger partial charge is 0.371 e. The van der Waals surface area contributed by atoms with Gasteiger partial charge in [-0.2, -0.15) is 0 Å². The lowest BCUT2D eigenvalue weighted by atomic mass is 10.0. The van der Waals surface area contributed by atoms with Crippen LogP contribution in [0.2, 0.25) is 0 Å². The maximum absolute atomic E-state index is 5.85. The summed E-state index contributed by atoms with van der Waals surface area (Å²) >= 11 is 0. The molecule has 1 aliphatic heterocycles. The van der Waals surface area contributed by atoms with E-state index in [0.717, 1.165) is 11.8 Å². The van der Waals surface area contributed by atoms with Crippen molar-refractivity contribution >= 4 is 5.69 Å². The zero-order chi connectivity index (χ0) is 11.7. The maximum Gasteiger partial charge on any atom is 0.0366 e. The summed E-state index contributed by atoms with van der Waals surface area (Å²) in [6.45, 7) is 9.05. The number of hydrogen-bond acceptors (Lipinski definition) is 2. The molecule has 1 aliphatic rings. The van der Waals surface area contributed by atoms with Crippen molar-refractivity contribution in [1.29, 1.82) is 0 Å². The Morgan fingerprint density at radius 1 is 1.12 bits per heavy atom. The quantitative estimate of drug-likeness (QED) is 0.827. The van der Waals surface area contributed by atoms with Gasteiger partial charge < -0.3 is 10.6 Å². The Morgan fingerprint density at radius 2 is 1.62 bits per heavy atom. The molecule has 0 aliphatic carbocycles. The van der Waals surface area contributed by atoms with Gasteiger partial charge in [-0.3, -0.25) is 0 Å². The fourth-order valence-corrected chi connectivity index (χ4v) is 2.33. The number of nitrogens with zero attached hydrogens (tertiary/aromatic N) is 1. The Hall–Kier alpha value is -1.02. The molecule has 88 valence electrons. The van der Waals surface area contributed by atoms with Gasteiger partial charge in [0.05, 0.1) is 0 Å². The number of rotatable bonds is 2. The fraction of sp³-hybridized carbons (Fsp3) is 0.571. The van der Waals surface area contributed by atoms with Crippen LogP contribution in [0.25, 0.3) is 0 Å². The normalized spacial score (nSPS) is 27.1. The minimum atomic E-state index is 0.130. The Bertz CT molecular complexity index is 332. The van der Waals surface area contributed by atoms with Crippen LogP contribution in [0.1, 0.15) is 32.4 Å². The highest BCUT2D eigenvalue weighted by atomic mass is 15.2. The summed E-state index contributed by atoms with van der Waals surface area (Å²) in [5, 5.41) is 0. The average molecular weight is 218 g/mol. The highest BCUT2D eigenvalue weighted by Crippen LogP contribution is 2.28. The van der Waals surface area contributed by atoms with Crippen molar-refractivity contribution in [3.8, 4) is 0 Å². The van der Waals surface area contributed by atoms with E-state index in [2.05, 4.69) is 43.0 Å². The zero-order valence-corrected chi connectivity index (χ0v) is 10.5. The van der Waals surface area contributed by atoms with Gasteiger partial charge in [-0.25, -0.2) is 0 Å². The van der Waals surface area contributed by atoms with Crippen molar-refractivity contribution in [2.45, 2.75) is 26.8 Å². The van der Waals surface area contributed by atoms with E-state index in [0.29, 0.717) is 0 Å². The molecule has 0 amide bonds. The van der Waals surface area contributed by atoms with Gasteiger partial charge in [-0.1, -0.05) is 26.0 Å². The van der Waals surface area contributed by atoms with Gasteiger partial charge in [0.15, 0.2) is 0 Å². The molecular formula is C14H22N2. The predicted octanol–water partition coefficient (Wildman–Crippen LogP) is 2.80. The molecule has 1 aromatic rings. The topological polar surface area (TPSA) is 29.3 Å². The van der Waals surface area contributed by atoms with Crippen LogP contribution in [-0.2, 0) is 0 Å². The van der Waals surface area contributed by atoms with E-state index in [-0.39, 0.29) is 6.04 Å². The summed E-state index contributed by atoms with van der Waals surface area (Å²) in [5.74, 6) is 1.60. The van der Waals surface area contributed by atoms with Crippen molar-refractivity contribution in [3.05, 3.63) is 29.8 Å². The molecule has 1 heterocycles. The van der Waals surface area contributed by atoms with E-state index in [1.54, 1.807) is 0 Å². The van der Waals surface area contributed by atoms with Crippen LogP contribution in [0, 0.1) is 11.8 Å². The highest BCUT2D eigenvalue weighted by Gasteiger charge is 2.25. The van der Waals surface area contributed by atoms with E-state index in [1.807, 2.05) is 6.92 Å². The lowest BCUT2D eigenvalue weighted by Gasteiger charge is -2.19. The molecule has 0 bridgehead atoms. The number of benzene rings is 1. The van der Waals surface area contributed by atoms with Crippen molar-refractivity contribution in [3.63, 3.8) is 0 Å². The van der Waals surface area contributed by atoms with E-state index >= 15 is 0 Å². The van der Waals surface area contributed by atoms with Crippen molar-refractivity contribution in [1.82, 2.24) is 0 Å². The summed E-state index contributed by atoms with van der Waals surface area (Å²) in [5.41, 5.74) is 8.39. The maximum atomic E-state index is 5.85. The lowest BCUT2D eigenvalue weighted by molar-refractivity contribution is 0.494. The standard InChI is InChI=1S/C14H22N2/c1-10-8-16(9-11(10)2)14-6-4-13(5-7-14)12(3)15/h4-7,10-12H,8-9,15H2,1-3H3. The molecule has 3 unspecified atom stereocenters. The van der Waals surface area contributed by atoms with E-state index < -0.39 is 0 Å². The average Bonchev–Trinajstić information content (AvgIpc) is 2.59. The minimum absolute atomic E-state index is 0.130. The van der Waals surface area contributed by atoms with Crippen LogP contribution in [0.4, 0.5) is 5.69 Å². The molecule has 2 rings (SSSR count). The monoisotopic (exact) mass is 218 g/mol. The smallest absolute Gasteiger partial charge is 0.0366 e. The van der Waals surface area contributed by atoms with Crippen molar-refractivity contribution in [2.75, 3.05) is 18.0 Å². The van der Waals surface area contributed by atoms with Crippen LogP contribution in [0.15, 0.2) is 24.3 Å². The second-order valence-corrected chi connectivity index (χ2v) is 5.24. The summed E-state index contributed by atoms with van der Waals surface area (Å²) in [6, 6.07) is 8.82. The van der Waals surface area contributed by atoms with Gasteiger partial charge in [0.1, 0.15) is 0 Å². The molecule has 1 saturated heterocycles. The second-order valence-electron chi connectivity index (χ2n) is 5.24. The third-order valence-electron chi connectivity index (χ3n) is 3.77. The Labute approximate surface area is 98.4 Å². The third kappa shape index (κ3) is 2.22. The van der Waals surface area contributed by atoms with Gasteiger partial charge in [0, 0.05) is 24.8 Å². The zero-order valence-electron chi connectivity index (χ0n) is 10.5.